The Balaban J connectivity index is 2.00. The molecule has 0 aromatic carbocycles. The Morgan fingerprint density at radius 3 is 3.31 bits per heavy atom. The molecule has 2 heterocycles. The van der Waals surface area contributed by atoms with E-state index in [0.717, 1.165) is 19.4 Å². The van der Waals surface area contributed by atoms with E-state index in [-0.39, 0.29) is 6.23 Å². The highest BCUT2D eigenvalue weighted by molar-refractivity contribution is 7.10. The van der Waals surface area contributed by atoms with Gasteiger partial charge < -0.3 is 4.74 Å². The van der Waals surface area contributed by atoms with Gasteiger partial charge in [0.2, 0.25) is 0 Å². The first-order valence-electron chi connectivity index (χ1n) is 4.81. The molecule has 1 aromatic rings. The Hall–Kier alpha value is -0.380. The highest BCUT2D eigenvalue weighted by Crippen LogP contribution is 2.25. The number of hydrogen-bond donors (Lipinski definition) is 1. The zero-order valence-corrected chi connectivity index (χ0v) is 8.64. The van der Waals surface area contributed by atoms with Crippen molar-refractivity contribution in [2.24, 2.45) is 0 Å². The van der Waals surface area contributed by atoms with Crippen LogP contribution >= 0.6 is 11.3 Å². The first kappa shape index (κ1) is 9.19. The Labute approximate surface area is 82.9 Å². The van der Waals surface area contributed by atoms with E-state index in [0.29, 0.717) is 6.04 Å². The van der Waals surface area contributed by atoms with Crippen molar-refractivity contribution >= 4 is 11.3 Å². The summed E-state index contributed by atoms with van der Waals surface area (Å²) in [5, 5.41) is 5.63. The quantitative estimate of drug-likeness (QED) is 0.786. The second-order valence-electron chi connectivity index (χ2n) is 3.29. The normalized spacial score (nSPS) is 29.0. The minimum absolute atomic E-state index is 0.251. The minimum atomic E-state index is 0.251. The van der Waals surface area contributed by atoms with E-state index in [2.05, 4.69) is 29.8 Å². The molecule has 1 saturated heterocycles. The van der Waals surface area contributed by atoms with Gasteiger partial charge in [-0.05, 0) is 24.3 Å². The van der Waals surface area contributed by atoms with E-state index in [9.17, 15) is 0 Å². The monoisotopic (exact) mass is 197 g/mol. The molecule has 1 aliphatic heterocycles. The van der Waals surface area contributed by atoms with Gasteiger partial charge in [-0.25, -0.2) is 0 Å². The van der Waals surface area contributed by atoms with Gasteiger partial charge in [0, 0.05) is 10.9 Å². The van der Waals surface area contributed by atoms with Crippen molar-refractivity contribution in [1.29, 1.82) is 0 Å². The van der Waals surface area contributed by atoms with Crippen LogP contribution in [-0.4, -0.2) is 12.8 Å². The van der Waals surface area contributed by atoms with E-state index < -0.39 is 0 Å². The lowest BCUT2D eigenvalue weighted by molar-refractivity contribution is -0.0197. The van der Waals surface area contributed by atoms with Crippen molar-refractivity contribution < 1.29 is 4.74 Å². The molecule has 2 nitrogen and oxygen atoms in total. The lowest BCUT2D eigenvalue weighted by atomic mass is 10.1. The highest BCUT2D eigenvalue weighted by Gasteiger charge is 2.21. The molecular formula is C10H15NOS. The predicted octanol–water partition coefficient (Wildman–Crippen LogP) is 2.54. The van der Waals surface area contributed by atoms with Gasteiger partial charge in [-0.2, -0.15) is 0 Å². The first-order chi connectivity index (χ1) is 6.40. The van der Waals surface area contributed by atoms with E-state index in [1.165, 1.54) is 4.88 Å². The average molecular weight is 197 g/mol. The maximum absolute atomic E-state index is 5.55. The molecule has 0 aliphatic carbocycles. The number of ether oxygens (including phenoxy) is 1. The molecule has 3 heteroatoms. The minimum Gasteiger partial charge on any atom is -0.363 e. The predicted molar refractivity (Wildman–Crippen MR) is 54.8 cm³/mol. The van der Waals surface area contributed by atoms with E-state index in [1.54, 1.807) is 0 Å². The molecule has 0 radical (unpaired) electrons. The summed E-state index contributed by atoms with van der Waals surface area (Å²) in [6.07, 6.45) is 2.39. The molecule has 0 saturated carbocycles. The molecule has 0 bridgehead atoms. The van der Waals surface area contributed by atoms with Crippen molar-refractivity contribution in [3.63, 3.8) is 0 Å². The molecule has 0 spiro atoms. The molecule has 1 N–H and O–H groups in total. The van der Waals surface area contributed by atoms with Crippen LogP contribution in [0.3, 0.4) is 0 Å². The van der Waals surface area contributed by atoms with Crippen LogP contribution in [-0.2, 0) is 4.74 Å². The van der Waals surface area contributed by atoms with Crippen molar-refractivity contribution in [3.05, 3.63) is 22.4 Å². The Bertz CT molecular complexity index is 247. The zero-order chi connectivity index (χ0) is 9.10. The van der Waals surface area contributed by atoms with Gasteiger partial charge in [-0.15, -0.1) is 11.3 Å². The number of nitrogens with one attached hydrogen (secondary N) is 1. The van der Waals surface area contributed by atoms with Gasteiger partial charge in [0.15, 0.2) is 0 Å². The number of rotatable bonds is 2. The summed E-state index contributed by atoms with van der Waals surface area (Å²) in [4.78, 5) is 1.43. The number of hydrogen-bond acceptors (Lipinski definition) is 3. The van der Waals surface area contributed by atoms with Crippen LogP contribution < -0.4 is 5.32 Å². The third kappa shape index (κ3) is 2.10. The van der Waals surface area contributed by atoms with Gasteiger partial charge in [0.1, 0.15) is 6.23 Å². The smallest absolute Gasteiger partial charge is 0.108 e. The summed E-state index contributed by atoms with van der Waals surface area (Å²) >= 11 is 1.82. The molecule has 2 unspecified atom stereocenters. The Kier molecular flexibility index (Phi) is 2.98. The zero-order valence-electron chi connectivity index (χ0n) is 7.82. The van der Waals surface area contributed by atoms with Gasteiger partial charge in [-0.1, -0.05) is 13.0 Å². The standard InChI is InChI=1S/C10H15NOS/c1-2-10-11-8(5-6-12-10)9-4-3-7-13-9/h3-4,7-8,10-11H,2,5-6H2,1H3. The SMILES string of the molecule is CCC1NC(c2cccs2)CCO1. The van der Waals surface area contributed by atoms with Gasteiger partial charge >= 0.3 is 0 Å². The largest absolute Gasteiger partial charge is 0.363 e. The summed E-state index contributed by atoms with van der Waals surface area (Å²) in [5.41, 5.74) is 0. The van der Waals surface area contributed by atoms with Crippen LogP contribution in [0, 0.1) is 0 Å². The molecule has 1 fully saturated rings. The molecule has 2 atom stereocenters. The summed E-state index contributed by atoms with van der Waals surface area (Å²) < 4.78 is 5.55. The first-order valence-corrected chi connectivity index (χ1v) is 5.69. The molecule has 0 amide bonds. The van der Waals surface area contributed by atoms with Crippen LogP contribution in [0.2, 0.25) is 0 Å². The van der Waals surface area contributed by atoms with Crippen molar-refractivity contribution in [1.82, 2.24) is 5.32 Å². The Morgan fingerprint density at radius 2 is 2.62 bits per heavy atom. The molecule has 72 valence electrons. The highest BCUT2D eigenvalue weighted by atomic mass is 32.1. The summed E-state index contributed by atoms with van der Waals surface area (Å²) in [6.45, 7) is 3.03. The van der Waals surface area contributed by atoms with E-state index in [4.69, 9.17) is 4.74 Å². The lowest BCUT2D eigenvalue weighted by Crippen LogP contribution is -2.39. The topological polar surface area (TPSA) is 21.3 Å². The number of thiophene rings is 1. The summed E-state index contributed by atoms with van der Waals surface area (Å²) in [6, 6.07) is 4.82. The van der Waals surface area contributed by atoms with Crippen LogP contribution in [0.5, 0.6) is 0 Å². The fraction of sp³-hybridized carbons (Fsp3) is 0.600. The van der Waals surface area contributed by atoms with Crippen molar-refractivity contribution in [3.8, 4) is 0 Å². The molecular weight excluding hydrogens is 182 g/mol. The van der Waals surface area contributed by atoms with Crippen molar-refractivity contribution in [2.45, 2.75) is 32.0 Å². The second-order valence-corrected chi connectivity index (χ2v) is 4.27. The van der Waals surface area contributed by atoms with Crippen LogP contribution in [0.15, 0.2) is 17.5 Å². The van der Waals surface area contributed by atoms with E-state index in [1.807, 2.05) is 11.3 Å². The summed E-state index contributed by atoms with van der Waals surface area (Å²) in [7, 11) is 0. The van der Waals surface area contributed by atoms with Gasteiger partial charge in [0.25, 0.3) is 0 Å². The maximum atomic E-state index is 5.55. The molecule has 1 aromatic heterocycles. The Morgan fingerprint density at radius 1 is 1.69 bits per heavy atom. The van der Waals surface area contributed by atoms with Crippen molar-refractivity contribution in [2.75, 3.05) is 6.61 Å². The van der Waals surface area contributed by atoms with E-state index >= 15 is 0 Å². The molecule has 13 heavy (non-hydrogen) atoms. The third-order valence-electron chi connectivity index (χ3n) is 2.37. The molecule has 2 rings (SSSR count). The average Bonchev–Trinajstić information content (AvgIpc) is 2.71. The summed E-state index contributed by atoms with van der Waals surface area (Å²) in [5.74, 6) is 0. The third-order valence-corrected chi connectivity index (χ3v) is 3.36. The lowest BCUT2D eigenvalue weighted by Gasteiger charge is -2.30. The van der Waals surface area contributed by atoms with Crippen LogP contribution in [0.1, 0.15) is 30.7 Å². The fourth-order valence-electron chi connectivity index (χ4n) is 1.63. The second kappa shape index (κ2) is 4.22. The van der Waals surface area contributed by atoms with Crippen LogP contribution in [0.4, 0.5) is 0 Å². The fourth-order valence-corrected chi connectivity index (χ4v) is 2.46. The van der Waals surface area contributed by atoms with Gasteiger partial charge in [-0.3, -0.25) is 5.32 Å². The van der Waals surface area contributed by atoms with Gasteiger partial charge in [0.05, 0.1) is 6.61 Å². The maximum Gasteiger partial charge on any atom is 0.108 e. The molecule has 1 aliphatic rings. The van der Waals surface area contributed by atoms with Crippen LogP contribution in [0.25, 0.3) is 0 Å².